The summed E-state index contributed by atoms with van der Waals surface area (Å²) in [4.78, 5) is 11.7. The number of carboxylic acid groups (broad SMARTS) is 1. The molecule has 4 nitrogen and oxygen atoms in total. The van der Waals surface area contributed by atoms with Gasteiger partial charge in [-0.15, -0.1) is 0 Å². The number of benzene rings is 1. The van der Waals surface area contributed by atoms with Crippen LogP contribution in [0.1, 0.15) is 46.7 Å². The number of nitrogens with zero attached hydrogens (tertiary/aromatic N) is 1. The molecule has 1 aromatic carbocycles. The van der Waals surface area contributed by atoms with Gasteiger partial charge in [-0.2, -0.15) is 0 Å². The molecule has 0 bridgehead atoms. The fourth-order valence-corrected chi connectivity index (χ4v) is 3.02. The van der Waals surface area contributed by atoms with Crippen LogP contribution in [0.5, 0.6) is 0 Å². The van der Waals surface area contributed by atoms with Crippen LogP contribution in [0.25, 0.3) is 0 Å². The van der Waals surface area contributed by atoms with E-state index in [-0.39, 0.29) is 0 Å². The average Bonchev–Trinajstić information content (AvgIpc) is 2.69. The molecular weight excluding hydrogens is 312 g/mol. The number of nitrogens with one attached hydrogen (secondary N) is 1. The van der Waals surface area contributed by atoms with Gasteiger partial charge in [0.25, 0.3) is 0 Å². The lowest BCUT2D eigenvalue weighted by Gasteiger charge is -2.11. The van der Waals surface area contributed by atoms with E-state index in [4.69, 9.17) is 11.6 Å². The highest BCUT2D eigenvalue weighted by atomic mass is 35.5. The van der Waals surface area contributed by atoms with Crippen LogP contribution in [0, 0.1) is 13.8 Å². The first-order chi connectivity index (χ1) is 10.8. The Morgan fingerprint density at radius 1 is 1.30 bits per heavy atom. The zero-order valence-electron chi connectivity index (χ0n) is 14.0. The van der Waals surface area contributed by atoms with Crippen molar-refractivity contribution in [2.75, 3.05) is 0 Å². The zero-order valence-corrected chi connectivity index (χ0v) is 14.7. The highest BCUT2D eigenvalue weighted by molar-refractivity contribution is 6.30. The second-order valence-corrected chi connectivity index (χ2v) is 6.52. The van der Waals surface area contributed by atoms with Gasteiger partial charge >= 0.3 is 5.97 Å². The van der Waals surface area contributed by atoms with Crippen molar-refractivity contribution in [2.24, 2.45) is 0 Å². The maximum atomic E-state index is 11.7. The number of aromatic nitrogens is 1. The van der Waals surface area contributed by atoms with Crippen LogP contribution in [0.15, 0.2) is 24.3 Å². The number of hydrogen-bond donors (Lipinski definition) is 2. The Hall–Kier alpha value is -1.78. The Bertz CT molecular complexity index is 720. The molecule has 0 amide bonds. The SMILES string of the molecule is Cc1c(CNC(C)C)c(C(=O)O)c(C)n1Cc1cccc(Cl)c1. The van der Waals surface area contributed by atoms with Crippen LogP contribution in [-0.2, 0) is 13.1 Å². The van der Waals surface area contributed by atoms with Gasteiger partial charge in [-0.05, 0) is 31.5 Å². The van der Waals surface area contributed by atoms with E-state index >= 15 is 0 Å². The van der Waals surface area contributed by atoms with Gasteiger partial charge in [-0.1, -0.05) is 37.6 Å². The fraction of sp³-hybridized carbons (Fsp3) is 0.389. The smallest absolute Gasteiger partial charge is 0.337 e. The Balaban J connectivity index is 2.43. The molecule has 0 atom stereocenters. The molecule has 23 heavy (non-hydrogen) atoms. The molecule has 1 aromatic heterocycles. The van der Waals surface area contributed by atoms with Crippen LogP contribution in [-0.4, -0.2) is 21.7 Å². The number of carboxylic acids is 1. The van der Waals surface area contributed by atoms with Crippen LogP contribution in [0.2, 0.25) is 5.02 Å². The third kappa shape index (κ3) is 3.95. The van der Waals surface area contributed by atoms with E-state index in [1.165, 1.54) is 0 Å². The molecule has 0 aliphatic rings. The second-order valence-electron chi connectivity index (χ2n) is 6.08. The van der Waals surface area contributed by atoms with Crippen molar-refractivity contribution in [2.45, 2.75) is 46.8 Å². The van der Waals surface area contributed by atoms with Gasteiger partial charge in [0.1, 0.15) is 0 Å². The number of halogens is 1. The van der Waals surface area contributed by atoms with Gasteiger partial charge < -0.3 is 15.0 Å². The summed E-state index contributed by atoms with van der Waals surface area (Å²) in [6, 6.07) is 7.95. The van der Waals surface area contributed by atoms with Crippen LogP contribution in [0.3, 0.4) is 0 Å². The van der Waals surface area contributed by atoms with E-state index in [0.29, 0.717) is 29.7 Å². The third-order valence-corrected chi connectivity index (χ3v) is 4.28. The monoisotopic (exact) mass is 334 g/mol. The predicted octanol–water partition coefficient (Wildman–Crippen LogP) is 4.00. The van der Waals surface area contributed by atoms with Gasteiger partial charge in [0.05, 0.1) is 5.56 Å². The molecule has 0 unspecified atom stereocenters. The Labute approximate surface area is 142 Å². The summed E-state index contributed by atoms with van der Waals surface area (Å²) in [7, 11) is 0. The standard InChI is InChI=1S/C18H23ClN2O2/c1-11(2)20-9-16-12(3)21(13(4)17(16)18(22)23)10-14-6-5-7-15(19)8-14/h5-8,11,20H,9-10H2,1-4H3,(H,22,23). The van der Waals surface area contributed by atoms with Gasteiger partial charge in [0.15, 0.2) is 0 Å². The maximum absolute atomic E-state index is 11.7. The molecule has 0 aliphatic carbocycles. The van der Waals surface area contributed by atoms with Crippen molar-refractivity contribution in [1.82, 2.24) is 9.88 Å². The summed E-state index contributed by atoms with van der Waals surface area (Å²) in [5, 5.41) is 13.6. The van der Waals surface area contributed by atoms with Crippen LogP contribution < -0.4 is 5.32 Å². The van der Waals surface area contributed by atoms with E-state index in [1.807, 2.05) is 56.5 Å². The quantitative estimate of drug-likeness (QED) is 0.839. The minimum atomic E-state index is -0.879. The third-order valence-electron chi connectivity index (χ3n) is 4.04. The average molecular weight is 335 g/mol. The number of aromatic carboxylic acids is 1. The Morgan fingerprint density at radius 3 is 2.57 bits per heavy atom. The highest BCUT2D eigenvalue weighted by Gasteiger charge is 2.22. The van der Waals surface area contributed by atoms with Crippen molar-refractivity contribution in [3.05, 3.63) is 57.4 Å². The summed E-state index contributed by atoms with van der Waals surface area (Å²) in [5.41, 5.74) is 4.06. The summed E-state index contributed by atoms with van der Waals surface area (Å²) < 4.78 is 2.05. The molecule has 1 heterocycles. The summed E-state index contributed by atoms with van der Waals surface area (Å²) in [6.45, 7) is 9.09. The van der Waals surface area contributed by atoms with Crippen molar-refractivity contribution < 1.29 is 9.90 Å². The summed E-state index contributed by atoms with van der Waals surface area (Å²) in [6.07, 6.45) is 0. The Kier molecular flexibility index (Phi) is 5.50. The second kappa shape index (κ2) is 7.20. The number of hydrogen-bond acceptors (Lipinski definition) is 2. The maximum Gasteiger partial charge on any atom is 0.337 e. The van der Waals surface area contributed by atoms with Crippen molar-refractivity contribution in [3.8, 4) is 0 Å². The molecule has 5 heteroatoms. The van der Waals surface area contributed by atoms with E-state index in [0.717, 1.165) is 22.5 Å². The lowest BCUT2D eigenvalue weighted by Crippen LogP contribution is -2.23. The molecule has 124 valence electrons. The topological polar surface area (TPSA) is 54.3 Å². The molecule has 0 saturated heterocycles. The van der Waals surface area contributed by atoms with Crippen LogP contribution in [0.4, 0.5) is 0 Å². The van der Waals surface area contributed by atoms with E-state index in [2.05, 4.69) is 5.32 Å². The predicted molar refractivity (Wildman–Crippen MR) is 93.4 cm³/mol. The zero-order chi connectivity index (χ0) is 17.1. The lowest BCUT2D eigenvalue weighted by molar-refractivity contribution is 0.0694. The molecule has 0 radical (unpaired) electrons. The van der Waals surface area contributed by atoms with Gasteiger partial charge in [0.2, 0.25) is 0 Å². The van der Waals surface area contributed by atoms with Gasteiger partial charge in [-0.25, -0.2) is 4.79 Å². The highest BCUT2D eigenvalue weighted by Crippen LogP contribution is 2.24. The van der Waals surface area contributed by atoms with E-state index < -0.39 is 5.97 Å². The number of rotatable bonds is 6. The first kappa shape index (κ1) is 17.6. The van der Waals surface area contributed by atoms with E-state index in [9.17, 15) is 9.90 Å². The normalized spacial score (nSPS) is 11.2. The van der Waals surface area contributed by atoms with Crippen molar-refractivity contribution in [3.63, 3.8) is 0 Å². The number of carbonyl (C=O) groups is 1. The molecular formula is C18H23ClN2O2. The Morgan fingerprint density at radius 2 is 2.00 bits per heavy atom. The molecule has 2 aromatic rings. The largest absolute Gasteiger partial charge is 0.478 e. The molecule has 0 aliphatic heterocycles. The first-order valence-electron chi connectivity index (χ1n) is 7.71. The van der Waals surface area contributed by atoms with Crippen LogP contribution >= 0.6 is 11.6 Å². The first-order valence-corrected chi connectivity index (χ1v) is 8.08. The lowest BCUT2D eigenvalue weighted by atomic mass is 10.1. The van der Waals surface area contributed by atoms with Gasteiger partial charge in [-0.3, -0.25) is 0 Å². The molecule has 0 fully saturated rings. The molecule has 2 rings (SSSR count). The van der Waals surface area contributed by atoms with Crippen molar-refractivity contribution in [1.29, 1.82) is 0 Å². The summed E-state index contributed by atoms with van der Waals surface area (Å²) >= 11 is 6.05. The van der Waals surface area contributed by atoms with Gasteiger partial charge in [0, 0.05) is 41.1 Å². The minimum absolute atomic E-state index is 0.299. The molecule has 2 N–H and O–H groups in total. The fourth-order valence-electron chi connectivity index (χ4n) is 2.81. The van der Waals surface area contributed by atoms with Crippen molar-refractivity contribution >= 4 is 17.6 Å². The summed E-state index contributed by atoms with van der Waals surface area (Å²) in [5.74, 6) is -0.879. The molecule has 0 saturated carbocycles. The minimum Gasteiger partial charge on any atom is -0.478 e. The molecule has 0 spiro atoms. The van der Waals surface area contributed by atoms with E-state index in [1.54, 1.807) is 0 Å².